The number of nitrogens with one attached hydrogen (secondary N) is 2. The van der Waals surface area contributed by atoms with Gasteiger partial charge < -0.3 is 15.8 Å². The van der Waals surface area contributed by atoms with Crippen molar-refractivity contribution in [3.63, 3.8) is 0 Å². The molecule has 9 nitrogen and oxygen atoms in total. The highest BCUT2D eigenvalue weighted by Crippen LogP contribution is 2.23. The SMILES string of the molecule is Cc1cccc(NS(=O)(=O)c2ccc(C)c(C(=O)OCC(=O)Nc3sccc3C(N)=O)c2)c1. The third-order valence-corrected chi connectivity index (χ3v) is 6.74. The number of thiophene rings is 1. The minimum Gasteiger partial charge on any atom is -0.452 e. The van der Waals surface area contributed by atoms with Gasteiger partial charge in [-0.3, -0.25) is 14.3 Å². The second kappa shape index (κ2) is 9.84. The van der Waals surface area contributed by atoms with Crippen LogP contribution in [0.1, 0.15) is 31.8 Å². The fourth-order valence-electron chi connectivity index (χ4n) is 2.88. The molecule has 0 saturated heterocycles. The van der Waals surface area contributed by atoms with Crippen molar-refractivity contribution in [3.05, 3.63) is 76.2 Å². The van der Waals surface area contributed by atoms with Gasteiger partial charge in [-0.05, 0) is 60.7 Å². The molecule has 1 heterocycles. The Kier molecular flexibility index (Phi) is 7.14. The van der Waals surface area contributed by atoms with Crippen LogP contribution in [0.4, 0.5) is 10.7 Å². The van der Waals surface area contributed by atoms with Crippen molar-refractivity contribution in [2.45, 2.75) is 18.7 Å². The molecule has 0 bridgehead atoms. The van der Waals surface area contributed by atoms with Gasteiger partial charge in [0.2, 0.25) is 0 Å². The Labute approximate surface area is 194 Å². The van der Waals surface area contributed by atoms with Gasteiger partial charge in [-0.1, -0.05) is 18.2 Å². The molecule has 2 aromatic carbocycles. The van der Waals surface area contributed by atoms with Crippen LogP contribution >= 0.6 is 11.3 Å². The lowest BCUT2D eigenvalue weighted by molar-refractivity contribution is -0.119. The van der Waals surface area contributed by atoms with Gasteiger partial charge >= 0.3 is 5.97 Å². The average molecular weight is 488 g/mol. The van der Waals surface area contributed by atoms with E-state index in [1.54, 1.807) is 30.5 Å². The van der Waals surface area contributed by atoms with E-state index in [1.807, 2.05) is 13.0 Å². The number of rotatable bonds is 8. The number of hydrogen-bond acceptors (Lipinski definition) is 7. The monoisotopic (exact) mass is 487 g/mol. The van der Waals surface area contributed by atoms with Crippen LogP contribution in [-0.2, 0) is 19.6 Å². The maximum Gasteiger partial charge on any atom is 0.338 e. The Morgan fingerprint density at radius 3 is 2.48 bits per heavy atom. The Bertz CT molecular complexity index is 1330. The third kappa shape index (κ3) is 5.96. The van der Waals surface area contributed by atoms with Gasteiger partial charge in [0, 0.05) is 5.69 Å². The van der Waals surface area contributed by atoms with Crippen LogP contribution in [0.3, 0.4) is 0 Å². The first-order chi connectivity index (χ1) is 15.6. The van der Waals surface area contributed by atoms with E-state index in [0.29, 0.717) is 11.3 Å². The van der Waals surface area contributed by atoms with Crippen molar-refractivity contribution in [1.82, 2.24) is 0 Å². The maximum absolute atomic E-state index is 12.8. The van der Waals surface area contributed by atoms with Gasteiger partial charge in [-0.2, -0.15) is 0 Å². The van der Waals surface area contributed by atoms with Crippen molar-refractivity contribution >= 4 is 49.8 Å². The quantitative estimate of drug-likeness (QED) is 0.417. The number of amides is 2. The number of nitrogens with two attached hydrogens (primary N) is 1. The van der Waals surface area contributed by atoms with Crippen LogP contribution in [-0.4, -0.2) is 32.8 Å². The predicted octanol–water partition coefficient (Wildman–Crippen LogP) is 3.06. The number of ether oxygens (including phenoxy) is 1. The molecule has 33 heavy (non-hydrogen) atoms. The molecular weight excluding hydrogens is 466 g/mol. The summed E-state index contributed by atoms with van der Waals surface area (Å²) in [5, 5.41) is 4.29. The summed E-state index contributed by atoms with van der Waals surface area (Å²) in [6.07, 6.45) is 0. The van der Waals surface area contributed by atoms with Gasteiger partial charge in [-0.15, -0.1) is 11.3 Å². The summed E-state index contributed by atoms with van der Waals surface area (Å²) in [6, 6.07) is 12.4. The van der Waals surface area contributed by atoms with Gasteiger partial charge in [0.25, 0.3) is 21.8 Å². The van der Waals surface area contributed by atoms with Crippen LogP contribution in [0, 0.1) is 13.8 Å². The molecule has 0 radical (unpaired) electrons. The van der Waals surface area contributed by atoms with E-state index in [0.717, 1.165) is 16.9 Å². The van der Waals surface area contributed by atoms with Gasteiger partial charge in [-0.25, -0.2) is 13.2 Å². The van der Waals surface area contributed by atoms with Crippen LogP contribution in [0.15, 0.2) is 58.8 Å². The molecule has 3 rings (SSSR count). The first-order valence-electron chi connectivity index (χ1n) is 9.61. The van der Waals surface area contributed by atoms with Crippen molar-refractivity contribution in [1.29, 1.82) is 0 Å². The van der Waals surface area contributed by atoms with Crippen molar-refractivity contribution in [2.75, 3.05) is 16.6 Å². The number of hydrogen-bond donors (Lipinski definition) is 3. The molecular formula is C22H21N3O6S2. The highest BCUT2D eigenvalue weighted by Gasteiger charge is 2.20. The summed E-state index contributed by atoms with van der Waals surface area (Å²) in [5.74, 6) is -2.23. The zero-order valence-electron chi connectivity index (χ0n) is 17.7. The first-order valence-corrected chi connectivity index (χ1v) is 12.0. The fraction of sp³-hybridized carbons (Fsp3) is 0.136. The second-order valence-corrected chi connectivity index (χ2v) is 9.70. The van der Waals surface area contributed by atoms with Crippen LogP contribution in [0.2, 0.25) is 0 Å². The molecule has 0 fully saturated rings. The summed E-state index contributed by atoms with van der Waals surface area (Å²) in [4.78, 5) is 35.9. The first kappa shape index (κ1) is 24.0. The van der Waals surface area contributed by atoms with Crippen molar-refractivity contribution in [3.8, 4) is 0 Å². The number of anilines is 2. The lowest BCUT2D eigenvalue weighted by Crippen LogP contribution is -2.22. The van der Waals surface area contributed by atoms with Crippen LogP contribution < -0.4 is 15.8 Å². The molecule has 3 aromatic rings. The van der Waals surface area contributed by atoms with Crippen LogP contribution in [0.5, 0.6) is 0 Å². The molecule has 0 spiro atoms. The lowest BCUT2D eigenvalue weighted by atomic mass is 10.1. The average Bonchev–Trinajstić information content (AvgIpc) is 3.20. The molecule has 2 amide bonds. The number of aryl methyl sites for hydroxylation is 2. The van der Waals surface area contributed by atoms with Crippen molar-refractivity contribution in [2.24, 2.45) is 5.73 Å². The molecule has 0 aliphatic rings. The number of sulfonamides is 1. The number of carbonyl (C=O) groups excluding carboxylic acids is 3. The van der Waals surface area contributed by atoms with Gasteiger partial charge in [0.15, 0.2) is 6.61 Å². The summed E-state index contributed by atoms with van der Waals surface area (Å²) < 4.78 is 33.0. The molecule has 4 N–H and O–H groups in total. The van der Waals surface area contributed by atoms with Gasteiger partial charge in [0.05, 0.1) is 16.0 Å². The molecule has 1 aromatic heterocycles. The predicted molar refractivity (Wildman–Crippen MR) is 125 cm³/mol. The number of esters is 1. The minimum absolute atomic E-state index is 0.00358. The highest BCUT2D eigenvalue weighted by atomic mass is 32.2. The summed E-state index contributed by atoms with van der Waals surface area (Å²) in [7, 11) is -3.96. The van der Waals surface area contributed by atoms with E-state index in [-0.39, 0.29) is 21.0 Å². The molecule has 0 unspecified atom stereocenters. The molecule has 0 atom stereocenters. The summed E-state index contributed by atoms with van der Waals surface area (Å²) in [6.45, 7) is 2.82. The third-order valence-electron chi connectivity index (χ3n) is 4.53. The number of carbonyl (C=O) groups is 3. The molecule has 172 valence electrons. The van der Waals surface area contributed by atoms with E-state index >= 15 is 0 Å². The smallest absolute Gasteiger partial charge is 0.338 e. The molecule has 0 saturated carbocycles. The minimum atomic E-state index is -3.96. The Morgan fingerprint density at radius 2 is 1.79 bits per heavy atom. The highest BCUT2D eigenvalue weighted by molar-refractivity contribution is 7.92. The van der Waals surface area contributed by atoms with Crippen molar-refractivity contribution < 1.29 is 27.5 Å². The zero-order valence-corrected chi connectivity index (χ0v) is 19.4. The second-order valence-electron chi connectivity index (χ2n) is 7.10. The van der Waals surface area contributed by atoms with E-state index < -0.39 is 34.4 Å². The standard InChI is InChI=1S/C22H21N3O6S2/c1-13-4-3-5-15(10-13)25-33(29,30)16-7-6-14(2)18(11-16)22(28)31-12-19(26)24-21-17(20(23)27)8-9-32-21/h3-11,25H,12H2,1-2H3,(H2,23,27)(H,24,26). The van der Waals surface area contributed by atoms with Crippen LogP contribution in [0.25, 0.3) is 0 Å². The van der Waals surface area contributed by atoms with Gasteiger partial charge in [0.1, 0.15) is 5.00 Å². The summed E-state index contributed by atoms with van der Waals surface area (Å²) in [5.41, 5.74) is 7.13. The Balaban J connectivity index is 1.70. The normalized spacial score (nSPS) is 11.0. The van der Waals surface area contributed by atoms with E-state index in [4.69, 9.17) is 10.5 Å². The summed E-state index contributed by atoms with van der Waals surface area (Å²) >= 11 is 1.10. The Hall–Kier alpha value is -3.70. The lowest BCUT2D eigenvalue weighted by Gasteiger charge is -2.12. The zero-order chi connectivity index (χ0) is 24.2. The Morgan fingerprint density at radius 1 is 1.03 bits per heavy atom. The maximum atomic E-state index is 12.8. The van der Waals surface area contributed by atoms with E-state index in [9.17, 15) is 22.8 Å². The molecule has 11 heteroatoms. The van der Waals surface area contributed by atoms with E-state index in [1.165, 1.54) is 24.3 Å². The topological polar surface area (TPSA) is 145 Å². The fourth-order valence-corrected chi connectivity index (χ4v) is 4.77. The van der Waals surface area contributed by atoms with E-state index in [2.05, 4.69) is 10.0 Å². The molecule has 0 aliphatic heterocycles. The molecule has 0 aliphatic carbocycles. The number of benzene rings is 2. The largest absolute Gasteiger partial charge is 0.452 e. The number of primary amides is 1.